The number of carbonyl (C=O) groups excluding carboxylic acids is 4. The predicted octanol–water partition coefficient (Wildman–Crippen LogP) is 2.12. The summed E-state index contributed by atoms with van der Waals surface area (Å²) in [7, 11) is 0. The molecule has 3 aliphatic rings. The van der Waals surface area contributed by atoms with Crippen molar-refractivity contribution < 1.29 is 44.3 Å². The molecule has 4 rings (SSSR count). The van der Waals surface area contributed by atoms with E-state index in [1.807, 2.05) is 20.8 Å². The number of esters is 1. The molecule has 0 aromatic heterocycles. The number of phenols is 1. The Hall–Kier alpha value is -3.92. The molecule has 1 aromatic rings. The van der Waals surface area contributed by atoms with Crippen LogP contribution >= 0.6 is 0 Å². The van der Waals surface area contributed by atoms with Crippen molar-refractivity contribution in [1.29, 1.82) is 0 Å². The number of ketones is 2. The number of benzene rings is 1. The summed E-state index contributed by atoms with van der Waals surface area (Å²) < 4.78 is 5.61. The Labute approximate surface area is 212 Å². The van der Waals surface area contributed by atoms with Crippen LogP contribution in [-0.2, 0) is 29.3 Å². The van der Waals surface area contributed by atoms with E-state index in [0.717, 1.165) is 0 Å². The van der Waals surface area contributed by atoms with Crippen molar-refractivity contribution in [3.05, 3.63) is 52.3 Å². The predicted molar refractivity (Wildman–Crippen MR) is 131 cm³/mol. The van der Waals surface area contributed by atoms with Gasteiger partial charge in [-0.1, -0.05) is 46.4 Å². The fourth-order valence-electron chi connectivity index (χ4n) is 5.59. The van der Waals surface area contributed by atoms with E-state index in [2.05, 4.69) is 6.58 Å². The second-order valence-electron chi connectivity index (χ2n) is 10.6. The van der Waals surface area contributed by atoms with E-state index in [-0.39, 0.29) is 28.9 Å². The Morgan fingerprint density at radius 3 is 2.35 bits per heavy atom. The third-order valence-corrected chi connectivity index (χ3v) is 7.45. The number of aliphatic hydroxyl groups excluding tert-OH is 2. The van der Waals surface area contributed by atoms with Crippen LogP contribution < -0.4 is 5.73 Å². The molecule has 0 aliphatic heterocycles. The smallest absolute Gasteiger partial charge is 0.305 e. The molecule has 0 radical (unpaired) electrons. The minimum atomic E-state index is -2.91. The van der Waals surface area contributed by atoms with Gasteiger partial charge in [-0.25, -0.2) is 0 Å². The van der Waals surface area contributed by atoms with Gasteiger partial charge in [0.15, 0.2) is 11.4 Å². The highest BCUT2D eigenvalue weighted by Crippen LogP contribution is 2.56. The van der Waals surface area contributed by atoms with Gasteiger partial charge in [0.1, 0.15) is 28.9 Å². The second kappa shape index (κ2) is 8.31. The maximum absolute atomic E-state index is 13.9. The molecule has 0 heterocycles. The Kier molecular flexibility index (Phi) is 5.87. The standard InChI is InChI=1S/C27H29NO9/c1-6-15(30)37-22-13-9-14(29)18(25(28)35)23(33)27(13,36)24(34)19-16(22)10(2)11-7-8-12(26(3,4)5)20(31)17(11)21(19)32/h7-8,13,16,22,31-33,36H,2,6,9H2,1,3-5H3,(H2,28,35)/t13-,16-,22-,27-/m1/s1. The van der Waals surface area contributed by atoms with E-state index in [0.29, 0.717) is 5.56 Å². The largest absolute Gasteiger partial charge is 0.508 e. The van der Waals surface area contributed by atoms with Gasteiger partial charge in [-0.05, 0) is 16.6 Å². The minimum absolute atomic E-state index is 0.0888. The number of aromatic hydroxyl groups is 1. The first-order valence-electron chi connectivity index (χ1n) is 11.8. The van der Waals surface area contributed by atoms with Crippen molar-refractivity contribution in [2.24, 2.45) is 17.6 Å². The van der Waals surface area contributed by atoms with Crippen LogP contribution in [0.2, 0.25) is 0 Å². The van der Waals surface area contributed by atoms with E-state index in [9.17, 15) is 39.6 Å². The van der Waals surface area contributed by atoms with Crippen LogP contribution in [-0.4, -0.2) is 55.6 Å². The van der Waals surface area contributed by atoms with Crippen LogP contribution in [0, 0.1) is 11.8 Å². The molecular formula is C27H29NO9. The molecule has 3 aliphatic carbocycles. The van der Waals surface area contributed by atoms with Gasteiger partial charge in [-0.2, -0.15) is 0 Å². The highest BCUT2D eigenvalue weighted by Gasteiger charge is 2.66. The van der Waals surface area contributed by atoms with Gasteiger partial charge in [0.2, 0.25) is 5.78 Å². The van der Waals surface area contributed by atoms with Crippen molar-refractivity contribution in [3.63, 3.8) is 0 Å². The number of rotatable bonds is 3. The lowest BCUT2D eigenvalue weighted by molar-refractivity contribution is -0.174. The van der Waals surface area contributed by atoms with Crippen LogP contribution in [0.25, 0.3) is 11.3 Å². The lowest BCUT2D eigenvalue weighted by Crippen LogP contribution is -2.64. The van der Waals surface area contributed by atoms with E-state index in [1.54, 1.807) is 12.1 Å². The fraction of sp³-hybridized carbons (Fsp3) is 0.407. The Bertz CT molecular complexity index is 1360. The molecule has 1 saturated carbocycles. The number of fused-ring (bicyclic) bond motifs is 3. The summed E-state index contributed by atoms with van der Waals surface area (Å²) >= 11 is 0. The van der Waals surface area contributed by atoms with Gasteiger partial charge in [0, 0.05) is 24.3 Å². The first-order valence-corrected chi connectivity index (χ1v) is 11.8. The van der Waals surface area contributed by atoms with E-state index in [1.165, 1.54) is 6.92 Å². The molecule has 1 fully saturated rings. The lowest BCUT2D eigenvalue weighted by atomic mass is 9.56. The monoisotopic (exact) mass is 511 g/mol. The van der Waals surface area contributed by atoms with Gasteiger partial charge in [-0.15, -0.1) is 0 Å². The molecule has 6 N–H and O–H groups in total. The van der Waals surface area contributed by atoms with Crippen LogP contribution in [0.5, 0.6) is 5.75 Å². The molecule has 10 nitrogen and oxygen atoms in total. The maximum Gasteiger partial charge on any atom is 0.305 e. The highest BCUT2D eigenvalue weighted by atomic mass is 16.5. The quantitative estimate of drug-likeness (QED) is 0.299. The lowest BCUT2D eigenvalue weighted by Gasteiger charge is -2.50. The summed E-state index contributed by atoms with van der Waals surface area (Å²) in [5.74, 6) is -9.24. The molecular weight excluding hydrogens is 482 g/mol. The number of hydrogen-bond acceptors (Lipinski definition) is 9. The molecule has 0 bridgehead atoms. The molecule has 1 aromatic carbocycles. The number of hydrogen-bond donors (Lipinski definition) is 5. The number of primary amides is 1. The van der Waals surface area contributed by atoms with Gasteiger partial charge in [0.25, 0.3) is 5.91 Å². The Morgan fingerprint density at radius 2 is 1.81 bits per heavy atom. The molecule has 1 amide bonds. The van der Waals surface area contributed by atoms with Crippen molar-refractivity contribution in [2.45, 2.75) is 57.7 Å². The molecule has 196 valence electrons. The summed E-state index contributed by atoms with van der Waals surface area (Å²) in [4.78, 5) is 50.9. The van der Waals surface area contributed by atoms with Crippen LogP contribution in [0.4, 0.5) is 0 Å². The summed E-state index contributed by atoms with van der Waals surface area (Å²) in [6.07, 6.45) is -2.17. The van der Waals surface area contributed by atoms with E-state index in [4.69, 9.17) is 10.5 Å². The fourth-order valence-corrected chi connectivity index (χ4v) is 5.59. The van der Waals surface area contributed by atoms with Gasteiger partial charge < -0.3 is 30.9 Å². The number of ether oxygens (including phenoxy) is 1. The molecule has 37 heavy (non-hydrogen) atoms. The normalized spacial score (nSPS) is 27.5. The van der Waals surface area contributed by atoms with E-state index >= 15 is 0 Å². The SMILES string of the molecule is C=C1c2ccc(C(C)(C)C)c(O)c2C(O)=C2C(=O)[C@]3(O)C(O)=C(C(N)=O)C(=O)C[C@@H]3[C@@H](OC(=O)CC)[C@H]12. The molecule has 0 unspecified atom stereocenters. The number of carbonyl (C=O) groups is 4. The summed E-state index contributed by atoms with van der Waals surface area (Å²) in [5, 5.41) is 45.0. The Morgan fingerprint density at radius 1 is 1.19 bits per heavy atom. The summed E-state index contributed by atoms with van der Waals surface area (Å²) in [6, 6.07) is 3.27. The zero-order valence-electron chi connectivity index (χ0n) is 20.9. The zero-order valence-corrected chi connectivity index (χ0v) is 20.9. The minimum Gasteiger partial charge on any atom is -0.508 e. The Balaban J connectivity index is 2.07. The van der Waals surface area contributed by atoms with Crippen LogP contribution in [0.3, 0.4) is 0 Å². The number of Topliss-reactive ketones (excluding diaryl/α,β-unsaturated/α-hetero) is 2. The third kappa shape index (κ3) is 3.50. The molecule has 0 saturated heterocycles. The van der Waals surface area contributed by atoms with Gasteiger partial charge in [-0.3, -0.25) is 19.2 Å². The number of amides is 1. The molecule has 0 spiro atoms. The molecule has 4 atom stereocenters. The van der Waals surface area contributed by atoms with Gasteiger partial charge in [0.05, 0.1) is 17.1 Å². The van der Waals surface area contributed by atoms with Crippen molar-refractivity contribution >= 4 is 34.8 Å². The van der Waals surface area contributed by atoms with E-state index < -0.39 is 81.5 Å². The first kappa shape index (κ1) is 26.2. The van der Waals surface area contributed by atoms with Crippen LogP contribution in [0.1, 0.15) is 57.2 Å². The van der Waals surface area contributed by atoms with Crippen molar-refractivity contribution in [1.82, 2.24) is 0 Å². The number of aliphatic hydroxyl groups is 3. The average molecular weight is 512 g/mol. The second-order valence-corrected chi connectivity index (χ2v) is 10.6. The average Bonchev–Trinajstić information content (AvgIpc) is 2.79. The first-order chi connectivity index (χ1) is 17.1. The van der Waals surface area contributed by atoms with Gasteiger partial charge >= 0.3 is 5.97 Å². The summed E-state index contributed by atoms with van der Waals surface area (Å²) in [5.41, 5.74) is 1.18. The van der Waals surface area contributed by atoms with Crippen molar-refractivity contribution in [3.8, 4) is 5.75 Å². The topological polar surface area (TPSA) is 184 Å². The highest BCUT2D eigenvalue weighted by molar-refractivity contribution is 6.23. The summed E-state index contributed by atoms with van der Waals surface area (Å²) in [6.45, 7) is 11.1. The third-order valence-electron chi connectivity index (χ3n) is 7.45. The maximum atomic E-state index is 13.9. The van der Waals surface area contributed by atoms with Crippen LogP contribution in [0.15, 0.2) is 35.6 Å². The zero-order chi connectivity index (χ0) is 27.8. The van der Waals surface area contributed by atoms with Crippen molar-refractivity contribution in [2.75, 3.05) is 0 Å². The molecule has 10 heteroatoms. The number of phenolic OH excluding ortho intramolecular Hbond substituents is 1. The number of nitrogens with two attached hydrogens (primary N) is 1.